The van der Waals surface area contributed by atoms with Crippen LogP contribution in [0, 0.1) is 13.8 Å². The molecule has 0 saturated carbocycles. The molecule has 2 N–H and O–H groups in total. The first-order valence-electron chi connectivity index (χ1n) is 9.08. The topological polar surface area (TPSA) is 136 Å². The van der Waals surface area contributed by atoms with Gasteiger partial charge in [-0.15, -0.1) is 5.10 Å². The van der Waals surface area contributed by atoms with Gasteiger partial charge in [0.2, 0.25) is 0 Å². The zero-order valence-electron chi connectivity index (χ0n) is 16.4. The summed E-state index contributed by atoms with van der Waals surface area (Å²) in [4.78, 5) is 10.6. The highest BCUT2D eigenvalue weighted by molar-refractivity contribution is 7.92. The number of anilines is 1. The van der Waals surface area contributed by atoms with Crippen LogP contribution in [0.5, 0.6) is 5.75 Å². The molecule has 0 aliphatic rings. The van der Waals surface area contributed by atoms with E-state index in [2.05, 4.69) is 20.2 Å². The van der Waals surface area contributed by atoms with E-state index in [4.69, 9.17) is 9.84 Å². The number of carboxylic acids is 1. The lowest BCUT2D eigenvalue weighted by molar-refractivity contribution is -0.137. The van der Waals surface area contributed by atoms with Gasteiger partial charge in [0, 0.05) is 12.1 Å². The van der Waals surface area contributed by atoms with Crippen LogP contribution in [0.25, 0.3) is 5.69 Å². The Hall–Kier alpha value is -3.47. The highest BCUT2D eigenvalue weighted by Gasteiger charge is 2.17. The summed E-state index contributed by atoms with van der Waals surface area (Å²) in [5.41, 5.74) is 2.58. The number of carbonyl (C=O) groups is 1. The maximum absolute atomic E-state index is 12.8. The Labute approximate surface area is 173 Å². The minimum Gasteiger partial charge on any atom is -0.493 e. The molecule has 0 aliphatic heterocycles. The van der Waals surface area contributed by atoms with Crippen molar-refractivity contribution in [3.05, 3.63) is 53.9 Å². The van der Waals surface area contributed by atoms with Gasteiger partial charge in [0.15, 0.2) is 0 Å². The van der Waals surface area contributed by atoms with Crippen LogP contribution in [-0.2, 0) is 14.8 Å². The number of tetrazole rings is 1. The molecule has 0 radical (unpaired) electrons. The number of aryl methyl sites for hydroxylation is 2. The van der Waals surface area contributed by atoms with Crippen molar-refractivity contribution in [3.8, 4) is 11.4 Å². The van der Waals surface area contributed by atoms with Gasteiger partial charge in [-0.1, -0.05) is 0 Å². The molecule has 0 fully saturated rings. The lowest BCUT2D eigenvalue weighted by Gasteiger charge is -2.13. The van der Waals surface area contributed by atoms with Crippen LogP contribution in [0.3, 0.4) is 0 Å². The Morgan fingerprint density at radius 1 is 1.17 bits per heavy atom. The fourth-order valence-corrected chi connectivity index (χ4v) is 3.95. The van der Waals surface area contributed by atoms with Crippen molar-refractivity contribution in [2.24, 2.45) is 0 Å². The fraction of sp³-hybridized carbons (Fsp3) is 0.263. The summed E-state index contributed by atoms with van der Waals surface area (Å²) in [5, 5.41) is 19.7. The first-order chi connectivity index (χ1) is 14.3. The van der Waals surface area contributed by atoms with E-state index in [-0.39, 0.29) is 17.9 Å². The molecule has 2 aromatic carbocycles. The van der Waals surface area contributed by atoms with Crippen molar-refractivity contribution < 1.29 is 23.1 Å². The van der Waals surface area contributed by atoms with E-state index in [1.54, 1.807) is 31.2 Å². The zero-order valence-corrected chi connectivity index (χ0v) is 17.3. The molecule has 0 unspecified atom stereocenters. The molecular weight excluding hydrogens is 410 g/mol. The number of carboxylic acid groups (broad SMARTS) is 1. The van der Waals surface area contributed by atoms with E-state index in [0.29, 0.717) is 23.4 Å². The number of hydrogen-bond donors (Lipinski definition) is 2. The first-order valence-corrected chi connectivity index (χ1v) is 10.6. The smallest absolute Gasteiger partial charge is 0.303 e. The molecule has 0 amide bonds. The van der Waals surface area contributed by atoms with Gasteiger partial charge in [0.1, 0.15) is 12.1 Å². The Bertz CT molecular complexity index is 1150. The van der Waals surface area contributed by atoms with E-state index < -0.39 is 16.0 Å². The van der Waals surface area contributed by atoms with E-state index >= 15 is 0 Å². The third-order valence-corrected chi connectivity index (χ3v) is 5.67. The quantitative estimate of drug-likeness (QED) is 0.493. The Morgan fingerprint density at radius 3 is 2.60 bits per heavy atom. The summed E-state index contributed by atoms with van der Waals surface area (Å²) in [6.45, 7) is 3.80. The maximum Gasteiger partial charge on any atom is 0.303 e. The van der Waals surface area contributed by atoms with Gasteiger partial charge in [-0.3, -0.25) is 9.52 Å². The number of sulfonamides is 1. The SMILES string of the molecule is Cc1cc(S(=O)(=O)Nc2ccc(-n3cnnn3)c(C)c2)ccc1OCCCC(=O)O. The van der Waals surface area contributed by atoms with Crippen LogP contribution >= 0.6 is 0 Å². The van der Waals surface area contributed by atoms with Crippen LogP contribution < -0.4 is 9.46 Å². The number of nitrogens with zero attached hydrogens (tertiary/aromatic N) is 4. The number of aliphatic carboxylic acids is 1. The Balaban J connectivity index is 1.72. The van der Waals surface area contributed by atoms with E-state index in [1.165, 1.54) is 23.1 Å². The Kier molecular flexibility index (Phi) is 6.31. The molecule has 158 valence electrons. The standard InChI is InChI=1S/C19H21N5O5S/c1-13-10-15(5-7-17(13)24-12-20-22-23-24)21-30(27,28)16-6-8-18(14(2)11-16)29-9-3-4-19(25)26/h5-8,10-12,21H,3-4,9H2,1-2H3,(H,25,26). The summed E-state index contributed by atoms with van der Waals surface area (Å²) in [5.74, 6) is -0.370. The molecule has 0 bridgehead atoms. The molecule has 1 heterocycles. The number of nitrogens with one attached hydrogen (secondary N) is 1. The van der Waals surface area contributed by atoms with Crippen LogP contribution in [0.15, 0.2) is 47.6 Å². The molecule has 1 aromatic heterocycles. The van der Waals surface area contributed by atoms with E-state index in [1.807, 2.05) is 6.92 Å². The second-order valence-electron chi connectivity index (χ2n) is 6.63. The second kappa shape index (κ2) is 8.91. The molecule has 11 heteroatoms. The van der Waals surface area contributed by atoms with Gasteiger partial charge in [-0.05, 0) is 78.2 Å². The number of benzene rings is 2. The van der Waals surface area contributed by atoms with E-state index in [0.717, 1.165) is 11.3 Å². The minimum absolute atomic E-state index is 0.0149. The van der Waals surface area contributed by atoms with Gasteiger partial charge in [-0.2, -0.15) is 0 Å². The minimum atomic E-state index is -3.80. The lowest BCUT2D eigenvalue weighted by Crippen LogP contribution is -2.14. The molecule has 30 heavy (non-hydrogen) atoms. The molecule has 0 saturated heterocycles. The average molecular weight is 431 g/mol. The molecule has 0 spiro atoms. The number of ether oxygens (including phenoxy) is 1. The highest BCUT2D eigenvalue weighted by Crippen LogP contribution is 2.25. The lowest BCUT2D eigenvalue weighted by atomic mass is 10.2. The van der Waals surface area contributed by atoms with Crippen molar-refractivity contribution >= 4 is 21.7 Å². The summed E-state index contributed by atoms with van der Waals surface area (Å²) >= 11 is 0. The van der Waals surface area contributed by atoms with Crippen molar-refractivity contribution in [1.29, 1.82) is 0 Å². The molecular formula is C19H21N5O5S. The van der Waals surface area contributed by atoms with E-state index in [9.17, 15) is 13.2 Å². The van der Waals surface area contributed by atoms with Crippen molar-refractivity contribution in [2.75, 3.05) is 11.3 Å². The largest absolute Gasteiger partial charge is 0.493 e. The molecule has 3 rings (SSSR count). The van der Waals surface area contributed by atoms with Crippen LogP contribution in [0.2, 0.25) is 0 Å². The predicted octanol–water partition coefficient (Wildman–Crippen LogP) is 2.32. The summed E-state index contributed by atoms with van der Waals surface area (Å²) in [7, 11) is -3.80. The third kappa shape index (κ3) is 5.11. The summed E-state index contributed by atoms with van der Waals surface area (Å²) in [6.07, 6.45) is 1.84. The number of hydrogen-bond acceptors (Lipinski definition) is 7. The summed E-state index contributed by atoms with van der Waals surface area (Å²) in [6, 6.07) is 9.58. The van der Waals surface area contributed by atoms with Crippen molar-refractivity contribution in [1.82, 2.24) is 20.2 Å². The molecule has 0 aliphatic carbocycles. The fourth-order valence-electron chi connectivity index (χ4n) is 2.82. The third-order valence-electron chi connectivity index (χ3n) is 4.29. The molecule has 0 atom stereocenters. The van der Waals surface area contributed by atoms with Crippen LogP contribution in [0.4, 0.5) is 5.69 Å². The van der Waals surface area contributed by atoms with Crippen LogP contribution in [0.1, 0.15) is 24.0 Å². The van der Waals surface area contributed by atoms with Gasteiger partial charge >= 0.3 is 5.97 Å². The maximum atomic E-state index is 12.8. The van der Waals surface area contributed by atoms with Gasteiger partial charge in [0.25, 0.3) is 10.0 Å². The predicted molar refractivity (Wildman–Crippen MR) is 108 cm³/mol. The van der Waals surface area contributed by atoms with Crippen molar-refractivity contribution in [3.63, 3.8) is 0 Å². The highest BCUT2D eigenvalue weighted by atomic mass is 32.2. The van der Waals surface area contributed by atoms with Gasteiger partial charge in [0.05, 0.1) is 17.2 Å². The first kappa shape index (κ1) is 21.2. The van der Waals surface area contributed by atoms with Crippen LogP contribution in [-0.4, -0.2) is 46.3 Å². The number of aromatic nitrogens is 4. The second-order valence-corrected chi connectivity index (χ2v) is 8.32. The van der Waals surface area contributed by atoms with Gasteiger partial charge in [-0.25, -0.2) is 13.1 Å². The average Bonchev–Trinajstić information content (AvgIpc) is 3.20. The molecule has 3 aromatic rings. The number of rotatable bonds is 9. The normalized spacial score (nSPS) is 11.3. The van der Waals surface area contributed by atoms with Gasteiger partial charge < -0.3 is 9.84 Å². The monoisotopic (exact) mass is 431 g/mol. The Morgan fingerprint density at radius 2 is 1.97 bits per heavy atom. The zero-order chi connectivity index (χ0) is 21.7. The molecule has 10 nitrogen and oxygen atoms in total. The van der Waals surface area contributed by atoms with Crippen molar-refractivity contribution in [2.45, 2.75) is 31.6 Å². The summed E-state index contributed by atoms with van der Waals surface area (Å²) < 4.78 is 35.1.